The van der Waals surface area contributed by atoms with Gasteiger partial charge in [0, 0.05) is 40.3 Å². The molecule has 40 heavy (non-hydrogen) atoms. The molecule has 2 amide bonds. The van der Waals surface area contributed by atoms with Crippen molar-refractivity contribution in [2.75, 3.05) is 12.0 Å². The average molecular weight is 541 g/mol. The Balaban J connectivity index is 1.49. The van der Waals surface area contributed by atoms with Gasteiger partial charge >= 0.3 is 0 Å². The SMILES string of the molecule is COc1cccc(O)c1[C@H]1C2=CC[C@@H]3C(=O)N(c4ccc([N+](=O)[O-])cc4)C(=O)[C@@H]3[C@@H]2CC2=C1C(=O)C=C(C)C2=O. The number of hydrogen-bond acceptors (Lipinski definition) is 8. The van der Waals surface area contributed by atoms with Crippen molar-refractivity contribution in [2.24, 2.45) is 17.8 Å². The smallest absolute Gasteiger partial charge is 0.269 e. The van der Waals surface area contributed by atoms with Crippen molar-refractivity contribution >= 4 is 34.8 Å². The number of nitrogens with zero attached hydrogens (tertiary/aromatic N) is 2. The Hall–Kier alpha value is -4.86. The van der Waals surface area contributed by atoms with Gasteiger partial charge in [0.15, 0.2) is 11.6 Å². The summed E-state index contributed by atoms with van der Waals surface area (Å²) in [5.41, 5.74) is 1.88. The third-order valence-electron chi connectivity index (χ3n) is 8.43. The maximum atomic E-state index is 13.9. The first-order valence-corrected chi connectivity index (χ1v) is 12.8. The van der Waals surface area contributed by atoms with Gasteiger partial charge in [-0.3, -0.25) is 34.2 Å². The highest BCUT2D eigenvalue weighted by Gasteiger charge is 2.57. The fraction of sp³-hybridized carbons (Fsp3) is 0.267. The molecule has 0 bridgehead atoms. The van der Waals surface area contributed by atoms with Gasteiger partial charge in [0.1, 0.15) is 11.5 Å². The van der Waals surface area contributed by atoms with Crippen molar-refractivity contribution in [3.05, 3.63) is 92.6 Å². The average Bonchev–Trinajstić information content (AvgIpc) is 3.20. The van der Waals surface area contributed by atoms with Crippen LogP contribution >= 0.6 is 0 Å². The van der Waals surface area contributed by atoms with Crippen molar-refractivity contribution < 1.29 is 33.9 Å². The Morgan fingerprint density at radius 3 is 2.42 bits per heavy atom. The van der Waals surface area contributed by atoms with Gasteiger partial charge in [-0.05, 0) is 56.0 Å². The molecule has 0 saturated carbocycles. The van der Waals surface area contributed by atoms with Crippen LogP contribution in [0, 0.1) is 27.9 Å². The van der Waals surface area contributed by atoms with Gasteiger partial charge in [0.2, 0.25) is 11.8 Å². The number of benzene rings is 2. The highest BCUT2D eigenvalue weighted by Crippen LogP contribution is 2.57. The molecule has 1 heterocycles. The van der Waals surface area contributed by atoms with E-state index in [1.807, 2.05) is 6.08 Å². The lowest BCUT2D eigenvalue weighted by Gasteiger charge is -2.42. The summed E-state index contributed by atoms with van der Waals surface area (Å²) in [7, 11) is 1.44. The van der Waals surface area contributed by atoms with E-state index in [1.54, 1.807) is 19.1 Å². The summed E-state index contributed by atoms with van der Waals surface area (Å²) in [5.74, 6) is -4.27. The predicted octanol–water partition coefficient (Wildman–Crippen LogP) is 3.94. The third kappa shape index (κ3) is 3.55. The molecule has 2 aromatic rings. The van der Waals surface area contributed by atoms with Crippen LogP contribution in [0.25, 0.3) is 0 Å². The molecule has 3 aliphatic carbocycles. The minimum atomic E-state index is -0.844. The molecule has 0 unspecified atom stereocenters. The monoisotopic (exact) mass is 540 g/mol. The number of non-ortho nitro benzene ring substituents is 1. The number of phenolic OH excluding ortho intramolecular Hbond substituents is 1. The molecule has 202 valence electrons. The second-order valence-electron chi connectivity index (χ2n) is 10.4. The van der Waals surface area contributed by atoms with E-state index >= 15 is 0 Å². The number of methoxy groups -OCH3 is 1. The highest BCUT2D eigenvalue weighted by atomic mass is 16.6. The number of aromatic hydroxyl groups is 1. The molecule has 10 heteroatoms. The second kappa shape index (κ2) is 9.11. The van der Waals surface area contributed by atoms with Crippen LogP contribution in [0.15, 0.2) is 76.9 Å². The van der Waals surface area contributed by atoms with Gasteiger partial charge in [-0.15, -0.1) is 0 Å². The van der Waals surface area contributed by atoms with Gasteiger partial charge in [-0.1, -0.05) is 17.7 Å². The quantitative estimate of drug-likeness (QED) is 0.202. The molecule has 1 aliphatic heterocycles. The molecule has 0 spiro atoms. The molecular formula is C30H24N2O8. The maximum Gasteiger partial charge on any atom is 0.269 e. The number of phenols is 1. The summed E-state index contributed by atoms with van der Waals surface area (Å²) in [5, 5.41) is 22.1. The number of imide groups is 1. The number of hydrogen-bond donors (Lipinski definition) is 1. The van der Waals surface area contributed by atoms with Crippen LogP contribution in [0.5, 0.6) is 11.5 Å². The lowest BCUT2D eigenvalue weighted by atomic mass is 9.59. The minimum Gasteiger partial charge on any atom is -0.507 e. The number of rotatable bonds is 4. The molecule has 0 radical (unpaired) electrons. The van der Waals surface area contributed by atoms with Crippen LogP contribution in [0.1, 0.15) is 31.2 Å². The molecule has 4 atom stereocenters. The van der Waals surface area contributed by atoms with E-state index in [-0.39, 0.29) is 58.3 Å². The van der Waals surface area contributed by atoms with E-state index in [0.717, 1.165) is 4.90 Å². The summed E-state index contributed by atoms with van der Waals surface area (Å²) in [6, 6.07) is 9.95. The van der Waals surface area contributed by atoms with Gasteiger partial charge in [-0.25, -0.2) is 0 Å². The van der Waals surface area contributed by atoms with Crippen molar-refractivity contribution in [2.45, 2.75) is 25.7 Å². The normalized spacial score (nSPS) is 25.7. The number of ether oxygens (including phenoxy) is 1. The van der Waals surface area contributed by atoms with E-state index < -0.39 is 40.4 Å². The minimum absolute atomic E-state index is 0.0949. The molecule has 4 aliphatic rings. The zero-order valence-corrected chi connectivity index (χ0v) is 21.6. The molecule has 1 saturated heterocycles. The van der Waals surface area contributed by atoms with E-state index in [0.29, 0.717) is 16.9 Å². The largest absolute Gasteiger partial charge is 0.507 e. The lowest BCUT2D eigenvalue weighted by molar-refractivity contribution is -0.384. The van der Waals surface area contributed by atoms with Gasteiger partial charge in [0.05, 0.1) is 29.6 Å². The van der Waals surface area contributed by atoms with Crippen molar-refractivity contribution in [3.8, 4) is 11.5 Å². The van der Waals surface area contributed by atoms with Crippen LogP contribution < -0.4 is 9.64 Å². The second-order valence-corrected chi connectivity index (χ2v) is 10.4. The predicted molar refractivity (Wildman–Crippen MR) is 142 cm³/mol. The first kappa shape index (κ1) is 25.4. The Morgan fingerprint density at radius 1 is 1.02 bits per heavy atom. The third-order valence-corrected chi connectivity index (χ3v) is 8.43. The number of nitro groups is 1. The van der Waals surface area contributed by atoms with Gasteiger partial charge in [-0.2, -0.15) is 0 Å². The zero-order chi connectivity index (χ0) is 28.5. The number of carbonyl (C=O) groups excluding carboxylic acids is 4. The van der Waals surface area contributed by atoms with Crippen molar-refractivity contribution in [1.82, 2.24) is 0 Å². The number of amides is 2. The van der Waals surface area contributed by atoms with Crippen LogP contribution in [-0.4, -0.2) is 40.5 Å². The fourth-order valence-corrected chi connectivity index (χ4v) is 6.69. The number of nitro benzene ring substituents is 1. The first-order chi connectivity index (χ1) is 19.1. The van der Waals surface area contributed by atoms with E-state index in [9.17, 15) is 34.4 Å². The number of Topliss-reactive ketones (excluding diaryl/α,β-unsaturated/α-hetero) is 1. The lowest BCUT2D eigenvalue weighted by Crippen LogP contribution is -2.40. The number of allylic oxidation sites excluding steroid dienone is 6. The summed E-state index contributed by atoms with van der Waals surface area (Å²) in [6.45, 7) is 1.56. The Morgan fingerprint density at radius 2 is 1.75 bits per heavy atom. The number of anilines is 1. The molecular weight excluding hydrogens is 516 g/mol. The summed E-state index contributed by atoms with van der Waals surface area (Å²) >= 11 is 0. The van der Waals surface area contributed by atoms with Crippen LogP contribution in [0.3, 0.4) is 0 Å². The fourth-order valence-electron chi connectivity index (χ4n) is 6.69. The van der Waals surface area contributed by atoms with Crippen LogP contribution in [0.2, 0.25) is 0 Å². The standard InChI is InChI=1S/C30H24N2O8/c1-14-12-22(34)25-20(28(14)35)13-19-17(26(25)27-21(33)4-3-5-23(27)40-2)10-11-18-24(19)30(37)31(29(18)36)15-6-8-16(9-7-15)32(38)39/h3-10,12,18-19,24,26,33H,11,13H2,1-2H3/t18-,19+,24-,26-/m0/s1. The summed E-state index contributed by atoms with van der Waals surface area (Å²) < 4.78 is 5.55. The van der Waals surface area contributed by atoms with E-state index in [1.165, 1.54) is 43.5 Å². The summed E-state index contributed by atoms with van der Waals surface area (Å²) in [4.78, 5) is 65.9. The summed E-state index contributed by atoms with van der Waals surface area (Å²) in [6.07, 6.45) is 3.46. The zero-order valence-electron chi connectivity index (χ0n) is 21.6. The molecule has 6 rings (SSSR count). The first-order valence-electron chi connectivity index (χ1n) is 12.8. The van der Waals surface area contributed by atoms with E-state index in [4.69, 9.17) is 4.74 Å². The molecule has 2 aromatic carbocycles. The van der Waals surface area contributed by atoms with Crippen LogP contribution in [0.4, 0.5) is 11.4 Å². The Bertz CT molecular complexity index is 1630. The van der Waals surface area contributed by atoms with Crippen molar-refractivity contribution in [3.63, 3.8) is 0 Å². The van der Waals surface area contributed by atoms with E-state index in [2.05, 4.69) is 0 Å². The number of ketones is 2. The molecule has 0 aromatic heterocycles. The Kier molecular flexibility index (Phi) is 5.79. The maximum absolute atomic E-state index is 13.9. The Labute approximate surface area is 228 Å². The number of fused-ring (bicyclic) bond motifs is 3. The topological polar surface area (TPSA) is 144 Å². The number of carbonyl (C=O) groups is 4. The van der Waals surface area contributed by atoms with Crippen molar-refractivity contribution in [1.29, 1.82) is 0 Å². The molecule has 1 N–H and O–H groups in total. The molecule has 1 fully saturated rings. The van der Waals surface area contributed by atoms with Gasteiger partial charge in [0.25, 0.3) is 5.69 Å². The highest BCUT2D eigenvalue weighted by molar-refractivity contribution is 6.25. The van der Waals surface area contributed by atoms with Gasteiger partial charge < -0.3 is 9.84 Å². The van der Waals surface area contributed by atoms with Crippen LogP contribution in [-0.2, 0) is 19.2 Å². The molecule has 10 nitrogen and oxygen atoms in total.